The normalized spacial score (nSPS) is 15.7. The number of ketones is 1. The number of unbranched alkanes of at least 4 members (excludes halogenated alkanes) is 1. The Balaban J connectivity index is 1.78. The van der Waals surface area contributed by atoms with Crippen LogP contribution in [0.3, 0.4) is 0 Å². The SMILES string of the molecule is C=C(C)CCCCN(CCc1ccccc1C)C1CCCc2cc(C(=O)CC)ccc21. The van der Waals surface area contributed by atoms with Gasteiger partial charge in [-0.15, -0.1) is 6.58 Å². The minimum Gasteiger partial charge on any atom is -0.296 e. The number of carbonyl (C=O) groups excluding carboxylic acids is 1. The number of carbonyl (C=O) groups is 1. The van der Waals surface area contributed by atoms with Crippen molar-refractivity contribution in [1.82, 2.24) is 4.90 Å². The van der Waals surface area contributed by atoms with E-state index in [4.69, 9.17) is 0 Å². The second kappa shape index (κ2) is 11.4. The van der Waals surface area contributed by atoms with Gasteiger partial charge in [-0.2, -0.15) is 0 Å². The fraction of sp³-hybridized carbons (Fsp3) is 0.483. The van der Waals surface area contributed by atoms with Crippen LogP contribution in [0.15, 0.2) is 54.6 Å². The van der Waals surface area contributed by atoms with Crippen LogP contribution in [0.1, 0.15) is 91.0 Å². The van der Waals surface area contributed by atoms with Crippen LogP contribution in [0, 0.1) is 6.92 Å². The Hall–Kier alpha value is -2.19. The minimum atomic E-state index is 0.251. The van der Waals surface area contributed by atoms with Crippen molar-refractivity contribution in [2.45, 2.75) is 78.2 Å². The van der Waals surface area contributed by atoms with E-state index >= 15 is 0 Å². The van der Waals surface area contributed by atoms with Crippen molar-refractivity contribution in [2.24, 2.45) is 0 Å². The second-order valence-electron chi connectivity index (χ2n) is 9.23. The fourth-order valence-corrected chi connectivity index (χ4v) is 4.87. The number of nitrogens with zero attached hydrogens (tertiary/aromatic N) is 1. The van der Waals surface area contributed by atoms with Gasteiger partial charge in [-0.3, -0.25) is 9.69 Å². The van der Waals surface area contributed by atoms with Gasteiger partial charge in [-0.25, -0.2) is 0 Å². The second-order valence-corrected chi connectivity index (χ2v) is 9.23. The maximum atomic E-state index is 12.2. The minimum absolute atomic E-state index is 0.251. The van der Waals surface area contributed by atoms with Crippen LogP contribution in [0.4, 0.5) is 0 Å². The van der Waals surface area contributed by atoms with E-state index in [1.165, 1.54) is 53.5 Å². The van der Waals surface area contributed by atoms with Gasteiger partial charge in [0.05, 0.1) is 0 Å². The molecule has 1 aliphatic carbocycles. The molecule has 0 bridgehead atoms. The summed E-state index contributed by atoms with van der Waals surface area (Å²) < 4.78 is 0. The van der Waals surface area contributed by atoms with E-state index < -0.39 is 0 Å². The molecule has 2 heteroatoms. The first-order valence-electron chi connectivity index (χ1n) is 12.1. The Morgan fingerprint density at radius 3 is 2.68 bits per heavy atom. The first kappa shape index (κ1) is 23.5. The van der Waals surface area contributed by atoms with Gasteiger partial charge in [-0.05, 0) is 93.7 Å². The molecule has 0 saturated heterocycles. The number of allylic oxidation sites excluding steroid dienone is 1. The van der Waals surface area contributed by atoms with Crippen LogP contribution in [0.2, 0.25) is 0 Å². The van der Waals surface area contributed by atoms with Crippen LogP contribution in [-0.2, 0) is 12.8 Å². The van der Waals surface area contributed by atoms with E-state index in [1.54, 1.807) is 0 Å². The van der Waals surface area contributed by atoms with Crippen LogP contribution in [-0.4, -0.2) is 23.8 Å². The maximum absolute atomic E-state index is 12.2. The predicted octanol–water partition coefficient (Wildman–Crippen LogP) is 7.26. The number of rotatable bonds is 11. The molecule has 0 amide bonds. The molecular weight excluding hydrogens is 378 g/mol. The average Bonchev–Trinajstić information content (AvgIpc) is 2.78. The van der Waals surface area contributed by atoms with Crippen molar-refractivity contribution < 1.29 is 4.79 Å². The quantitative estimate of drug-likeness (QED) is 0.218. The monoisotopic (exact) mass is 417 g/mol. The number of hydrogen-bond acceptors (Lipinski definition) is 2. The van der Waals surface area contributed by atoms with Crippen molar-refractivity contribution in [3.05, 3.63) is 82.4 Å². The molecule has 2 nitrogen and oxygen atoms in total. The van der Waals surface area contributed by atoms with E-state index in [-0.39, 0.29) is 5.78 Å². The van der Waals surface area contributed by atoms with Crippen molar-refractivity contribution >= 4 is 5.78 Å². The van der Waals surface area contributed by atoms with E-state index in [1.807, 2.05) is 6.92 Å². The number of hydrogen-bond donors (Lipinski definition) is 0. The van der Waals surface area contributed by atoms with Gasteiger partial charge in [0, 0.05) is 24.6 Å². The molecule has 0 heterocycles. The lowest BCUT2D eigenvalue weighted by Gasteiger charge is -2.36. The van der Waals surface area contributed by atoms with Crippen LogP contribution in [0.25, 0.3) is 0 Å². The first-order chi connectivity index (χ1) is 15.0. The Morgan fingerprint density at radius 2 is 1.94 bits per heavy atom. The van der Waals surface area contributed by atoms with Crippen LogP contribution in [0.5, 0.6) is 0 Å². The molecule has 0 fully saturated rings. The zero-order chi connectivity index (χ0) is 22.2. The molecule has 0 aromatic heterocycles. The van der Waals surface area contributed by atoms with Crippen LogP contribution < -0.4 is 0 Å². The summed E-state index contributed by atoms with van der Waals surface area (Å²) in [5.74, 6) is 0.251. The van der Waals surface area contributed by atoms with Gasteiger partial charge >= 0.3 is 0 Å². The molecule has 3 rings (SSSR count). The average molecular weight is 418 g/mol. The summed E-state index contributed by atoms with van der Waals surface area (Å²) in [7, 11) is 0. The van der Waals surface area contributed by atoms with E-state index in [0.29, 0.717) is 12.5 Å². The van der Waals surface area contributed by atoms with Crippen molar-refractivity contribution in [2.75, 3.05) is 13.1 Å². The molecule has 1 unspecified atom stereocenters. The summed E-state index contributed by atoms with van der Waals surface area (Å²) in [6.45, 7) is 12.6. The van der Waals surface area contributed by atoms with Crippen LogP contribution >= 0.6 is 0 Å². The highest BCUT2D eigenvalue weighted by Crippen LogP contribution is 2.35. The largest absolute Gasteiger partial charge is 0.296 e. The first-order valence-corrected chi connectivity index (χ1v) is 12.1. The van der Waals surface area contributed by atoms with Gasteiger partial charge in [0.25, 0.3) is 0 Å². The highest BCUT2D eigenvalue weighted by atomic mass is 16.1. The van der Waals surface area contributed by atoms with Crippen molar-refractivity contribution in [3.63, 3.8) is 0 Å². The number of fused-ring (bicyclic) bond motifs is 1. The third-order valence-electron chi connectivity index (χ3n) is 6.74. The lowest BCUT2D eigenvalue weighted by molar-refractivity contribution is 0.0988. The summed E-state index contributed by atoms with van der Waals surface area (Å²) in [6, 6.07) is 15.7. The molecule has 0 radical (unpaired) electrons. The highest BCUT2D eigenvalue weighted by Gasteiger charge is 2.26. The third kappa shape index (κ3) is 6.40. The molecule has 0 aliphatic heterocycles. The lowest BCUT2D eigenvalue weighted by atomic mass is 9.84. The molecule has 166 valence electrons. The Labute approximate surface area is 189 Å². The molecular formula is C29H39NO. The zero-order valence-corrected chi connectivity index (χ0v) is 19.8. The topological polar surface area (TPSA) is 20.3 Å². The van der Waals surface area contributed by atoms with Gasteiger partial charge in [0.15, 0.2) is 5.78 Å². The van der Waals surface area contributed by atoms with Crippen molar-refractivity contribution in [1.29, 1.82) is 0 Å². The van der Waals surface area contributed by atoms with E-state index in [2.05, 4.69) is 67.8 Å². The summed E-state index contributed by atoms with van der Waals surface area (Å²) in [6.07, 6.45) is 8.71. The Bertz CT molecular complexity index is 897. The molecule has 1 aliphatic rings. The molecule has 2 aromatic rings. The fourth-order valence-electron chi connectivity index (χ4n) is 4.87. The summed E-state index contributed by atoms with van der Waals surface area (Å²) in [5.41, 5.74) is 7.84. The number of Topliss-reactive ketones (excluding diaryl/α,β-unsaturated/α-hetero) is 1. The Kier molecular flexibility index (Phi) is 8.66. The van der Waals surface area contributed by atoms with E-state index in [9.17, 15) is 4.79 Å². The number of aryl methyl sites for hydroxylation is 2. The Morgan fingerprint density at radius 1 is 1.13 bits per heavy atom. The molecule has 0 spiro atoms. The number of benzene rings is 2. The standard InChI is InChI=1S/C29H39NO/c1-5-29(31)26-16-17-27-25(21-26)14-10-15-28(27)30(19-9-8-11-22(2)3)20-18-24-13-7-6-12-23(24)4/h6-7,12-13,16-17,21,28H,2,5,8-11,14-15,18-20H2,1,3-4H3. The smallest absolute Gasteiger partial charge is 0.162 e. The third-order valence-corrected chi connectivity index (χ3v) is 6.74. The van der Waals surface area contributed by atoms with Gasteiger partial charge in [0.2, 0.25) is 0 Å². The van der Waals surface area contributed by atoms with Crippen molar-refractivity contribution in [3.8, 4) is 0 Å². The molecule has 1 atom stereocenters. The van der Waals surface area contributed by atoms with E-state index in [0.717, 1.165) is 37.9 Å². The zero-order valence-electron chi connectivity index (χ0n) is 19.8. The summed E-state index contributed by atoms with van der Waals surface area (Å²) in [4.78, 5) is 14.9. The molecule has 0 saturated carbocycles. The lowest BCUT2D eigenvalue weighted by Crippen LogP contribution is -2.34. The predicted molar refractivity (Wildman–Crippen MR) is 132 cm³/mol. The van der Waals surface area contributed by atoms with Gasteiger partial charge in [-0.1, -0.05) is 48.9 Å². The highest BCUT2D eigenvalue weighted by molar-refractivity contribution is 5.96. The van der Waals surface area contributed by atoms with Gasteiger partial charge < -0.3 is 0 Å². The summed E-state index contributed by atoms with van der Waals surface area (Å²) in [5, 5.41) is 0. The summed E-state index contributed by atoms with van der Waals surface area (Å²) >= 11 is 0. The molecule has 2 aromatic carbocycles. The molecule has 31 heavy (non-hydrogen) atoms. The van der Waals surface area contributed by atoms with Gasteiger partial charge in [0.1, 0.15) is 0 Å². The maximum Gasteiger partial charge on any atom is 0.162 e. The molecule has 0 N–H and O–H groups in total.